The fourth-order valence-corrected chi connectivity index (χ4v) is 6.93. The SMILES string of the molecule is CC(C)(C)c1cccc2c3ccc(Oc4ccc5c6ccccc6n(-c6ccccn6)c5c4)cc3c3nc4ccccc4n3c12. The summed E-state index contributed by atoms with van der Waals surface area (Å²) in [7, 11) is 0. The Morgan fingerprint density at radius 1 is 0.578 bits per heavy atom. The number of para-hydroxylation sites is 4. The molecule has 0 aliphatic rings. The Labute approximate surface area is 260 Å². The number of benzene rings is 5. The van der Waals surface area contributed by atoms with Crippen LogP contribution in [-0.2, 0) is 5.41 Å². The van der Waals surface area contributed by atoms with E-state index in [1.807, 2.05) is 24.4 Å². The second-order valence-corrected chi connectivity index (χ2v) is 12.7. The first kappa shape index (κ1) is 25.8. The monoisotopic (exact) mass is 582 g/mol. The largest absolute Gasteiger partial charge is 0.457 e. The third kappa shape index (κ3) is 3.87. The highest BCUT2D eigenvalue weighted by molar-refractivity contribution is 6.15. The van der Waals surface area contributed by atoms with Crippen LogP contribution >= 0.6 is 0 Å². The van der Waals surface area contributed by atoms with E-state index in [0.717, 1.165) is 61.2 Å². The molecule has 0 spiro atoms. The molecule has 0 saturated carbocycles. The molecule has 0 saturated heterocycles. The lowest BCUT2D eigenvalue weighted by Gasteiger charge is -2.23. The van der Waals surface area contributed by atoms with E-state index in [4.69, 9.17) is 9.72 Å². The third-order valence-electron chi connectivity index (χ3n) is 8.91. The maximum Gasteiger partial charge on any atom is 0.146 e. The van der Waals surface area contributed by atoms with Crippen LogP contribution in [0.2, 0.25) is 0 Å². The second-order valence-electron chi connectivity index (χ2n) is 12.7. The van der Waals surface area contributed by atoms with E-state index >= 15 is 0 Å². The molecule has 216 valence electrons. The first-order valence-electron chi connectivity index (χ1n) is 15.3. The summed E-state index contributed by atoms with van der Waals surface area (Å²) in [5.74, 6) is 2.41. The number of rotatable bonds is 3. The van der Waals surface area contributed by atoms with Crippen molar-refractivity contribution in [2.24, 2.45) is 0 Å². The van der Waals surface area contributed by atoms with Crippen molar-refractivity contribution in [1.82, 2.24) is 18.9 Å². The first-order chi connectivity index (χ1) is 22.0. The Hall–Kier alpha value is -5.68. The number of hydrogen-bond acceptors (Lipinski definition) is 3. The zero-order chi connectivity index (χ0) is 30.3. The highest BCUT2D eigenvalue weighted by atomic mass is 16.5. The smallest absolute Gasteiger partial charge is 0.146 e. The lowest BCUT2D eigenvalue weighted by Crippen LogP contribution is -2.13. The van der Waals surface area contributed by atoms with Crippen molar-refractivity contribution in [3.05, 3.63) is 133 Å². The van der Waals surface area contributed by atoms with E-state index in [-0.39, 0.29) is 5.41 Å². The van der Waals surface area contributed by atoms with Crippen LogP contribution in [0.4, 0.5) is 0 Å². The van der Waals surface area contributed by atoms with Crippen LogP contribution in [-0.4, -0.2) is 18.9 Å². The first-order valence-corrected chi connectivity index (χ1v) is 15.3. The lowest BCUT2D eigenvalue weighted by atomic mass is 9.84. The molecular formula is C40H30N4O. The molecule has 5 heteroatoms. The van der Waals surface area contributed by atoms with Gasteiger partial charge in [0.2, 0.25) is 0 Å². The van der Waals surface area contributed by atoms with Crippen LogP contribution in [0.15, 0.2) is 128 Å². The number of fused-ring (bicyclic) bond motifs is 11. The molecule has 5 aromatic carbocycles. The van der Waals surface area contributed by atoms with Gasteiger partial charge in [-0.25, -0.2) is 9.97 Å². The molecule has 4 aromatic heterocycles. The standard InChI is InChI=1S/C40H30N4O/c1-40(2,3)32-13-10-12-30-27-20-18-25(23-31(27)39-42-33-14-5-7-16-35(33)44(39)38(30)32)45-26-19-21-29-28-11-4-6-15-34(28)43(36(29)24-26)37-17-8-9-22-41-37/h4-24H,1-3H3. The second kappa shape index (κ2) is 9.41. The van der Waals surface area contributed by atoms with Gasteiger partial charge in [0.05, 0.1) is 27.6 Å². The van der Waals surface area contributed by atoms with Crippen molar-refractivity contribution in [2.45, 2.75) is 26.2 Å². The van der Waals surface area contributed by atoms with Gasteiger partial charge in [0.1, 0.15) is 23.0 Å². The van der Waals surface area contributed by atoms with Gasteiger partial charge in [0, 0.05) is 33.8 Å². The normalized spacial score (nSPS) is 12.3. The quantitative estimate of drug-likeness (QED) is 0.195. The molecule has 9 aromatic rings. The minimum atomic E-state index is -0.0368. The van der Waals surface area contributed by atoms with Gasteiger partial charge >= 0.3 is 0 Å². The molecule has 0 aliphatic heterocycles. The Bertz CT molecular complexity index is 2600. The summed E-state index contributed by atoms with van der Waals surface area (Å²) < 4.78 is 11.2. The third-order valence-corrected chi connectivity index (χ3v) is 8.91. The number of ether oxygens (including phenoxy) is 1. The van der Waals surface area contributed by atoms with Crippen molar-refractivity contribution >= 4 is 60.2 Å². The Morgan fingerprint density at radius 2 is 1.29 bits per heavy atom. The maximum atomic E-state index is 6.62. The molecule has 0 N–H and O–H groups in total. The van der Waals surface area contributed by atoms with Crippen LogP contribution in [0.3, 0.4) is 0 Å². The van der Waals surface area contributed by atoms with Crippen LogP contribution in [0.25, 0.3) is 66.0 Å². The van der Waals surface area contributed by atoms with E-state index in [9.17, 15) is 0 Å². The molecule has 0 aliphatic carbocycles. The van der Waals surface area contributed by atoms with Gasteiger partial charge in [-0.1, -0.05) is 75.4 Å². The van der Waals surface area contributed by atoms with Gasteiger partial charge in [-0.2, -0.15) is 0 Å². The van der Waals surface area contributed by atoms with Crippen molar-refractivity contribution in [1.29, 1.82) is 0 Å². The van der Waals surface area contributed by atoms with Gasteiger partial charge in [-0.3, -0.25) is 8.97 Å². The molecule has 45 heavy (non-hydrogen) atoms. The van der Waals surface area contributed by atoms with Crippen molar-refractivity contribution in [3.63, 3.8) is 0 Å². The summed E-state index contributed by atoms with van der Waals surface area (Å²) in [5, 5.41) is 5.78. The summed E-state index contributed by atoms with van der Waals surface area (Å²) in [6.07, 6.45) is 1.83. The summed E-state index contributed by atoms with van der Waals surface area (Å²) in [5.41, 5.74) is 7.66. The Morgan fingerprint density at radius 3 is 2.11 bits per heavy atom. The fourth-order valence-electron chi connectivity index (χ4n) is 6.93. The molecule has 5 nitrogen and oxygen atoms in total. The zero-order valence-electron chi connectivity index (χ0n) is 25.3. The molecule has 9 rings (SSSR count). The highest BCUT2D eigenvalue weighted by Gasteiger charge is 2.22. The fraction of sp³-hybridized carbons (Fsp3) is 0.100. The summed E-state index contributed by atoms with van der Waals surface area (Å²) >= 11 is 0. The summed E-state index contributed by atoms with van der Waals surface area (Å²) in [6, 6.07) is 42.2. The van der Waals surface area contributed by atoms with Crippen LogP contribution in [0.5, 0.6) is 11.5 Å². The average Bonchev–Trinajstić information content (AvgIpc) is 3.61. The number of hydrogen-bond donors (Lipinski definition) is 0. The minimum Gasteiger partial charge on any atom is -0.457 e. The van der Waals surface area contributed by atoms with E-state index in [0.29, 0.717) is 0 Å². The number of aromatic nitrogens is 4. The Balaban J connectivity index is 1.26. The summed E-state index contributed by atoms with van der Waals surface area (Å²) in [4.78, 5) is 9.85. The maximum absolute atomic E-state index is 6.62. The van der Waals surface area contributed by atoms with Crippen LogP contribution < -0.4 is 4.74 Å². The van der Waals surface area contributed by atoms with Crippen molar-refractivity contribution in [2.75, 3.05) is 0 Å². The van der Waals surface area contributed by atoms with Gasteiger partial charge < -0.3 is 4.74 Å². The Kier molecular flexibility index (Phi) is 5.39. The molecule has 4 heterocycles. The average molecular weight is 583 g/mol. The van der Waals surface area contributed by atoms with Gasteiger partial charge in [-0.05, 0) is 77.0 Å². The van der Waals surface area contributed by atoms with E-state index < -0.39 is 0 Å². The van der Waals surface area contributed by atoms with Crippen LogP contribution in [0.1, 0.15) is 26.3 Å². The zero-order valence-corrected chi connectivity index (χ0v) is 25.3. The van der Waals surface area contributed by atoms with E-state index in [1.54, 1.807) is 0 Å². The molecule has 0 bridgehead atoms. The number of imidazole rings is 1. The molecule has 0 unspecified atom stereocenters. The van der Waals surface area contributed by atoms with Gasteiger partial charge in [0.15, 0.2) is 0 Å². The topological polar surface area (TPSA) is 44.3 Å². The molecule has 0 fully saturated rings. The van der Waals surface area contributed by atoms with Gasteiger partial charge in [0.25, 0.3) is 0 Å². The highest BCUT2D eigenvalue weighted by Crippen LogP contribution is 2.40. The van der Waals surface area contributed by atoms with Crippen molar-refractivity contribution in [3.8, 4) is 17.3 Å². The van der Waals surface area contributed by atoms with Crippen molar-refractivity contribution < 1.29 is 4.74 Å². The molecular weight excluding hydrogens is 552 g/mol. The lowest BCUT2D eigenvalue weighted by molar-refractivity contribution is 0.484. The molecule has 0 radical (unpaired) electrons. The predicted molar refractivity (Wildman–Crippen MR) is 185 cm³/mol. The van der Waals surface area contributed by atoms with Gasteiger partial charge in [-0.15, -0.1) is 0 Å². The predicted octanol–water partition coefficient (Wildman–Crippen LogP) is 10.4. The minimum absolute atomic E-state index is 0.0368. The number of nitrogens with zero attached hydrogens (tertiary/aromatic N) is 4. The summed E-state index contributed by atoms with van der Waals surface area (Å²) in [6.45, 7) is 6.83. The number of pyridine rings is 2. The molecule has 0 amide bonds. The van der Waals surface area contributed by atoms with Crippen LogP contribution in [0, 0.1) is 0 Å². The van der Waals surface area contributed by atoms with E-state index in [2.05, 4.69) is 138 Å². The molecule has 0 atom stereocenters. The van der Waals surface area contributed by atoms with E-state index in [1.165, 1.54) is 21.9 Å².